The number of nitrogens with zero attached hydrogens (tertiary/aromatic N) is 3. The van der Waals surface area contributed by atoms with Crippen LogP contribution in [-0.4, -0.2) is 14.5 Å². The summed E-state index contributed by atoms with van der Waals surface area (Å²) in [7, 11) is 0. The average molecular weight is 417 g/mol. The zero-order valence-corrected chi connectivity index (χ0v) is 16.5. The molecule has 0 N–H and O–H groups in total. The van der Waals surface area contributed by atoms with Crippen LogP contribution in [0.2, 0.25) is 0 Å². The third kappa shape index (κ3) is 4.32. The Morgan fingerprint density at radius 3 is 2.63 bits per heavy atom. The normalized spacial score (nSPS) is 19.7. The standard InChI is InChI=1S/C22H22F3N3O2/c1-14-4-6-15(7-5-14)12-28-13-27-20(29)17-11-16(8-9-19(17)28)30-21-18(22(23,24)25)3-2-10-26-21/h2-3,8-11,13-15H,4-7,12H2,1H3. The lowest BCUT2D eigenvalue weighted by Gasteiger charge is -2.27. The number of halogens is 3. The van der Waals surface area contributed by atoms with Gasteiger partial charge in [-0.05, 0) is 55.0 Å². The summed E-state index contributed by atoms with van der Waals surface area (Å²) in [4.78, 5) is 20.0. The van der Waals surface area contributed by atoms with E-state index in [1.165, 1.54) is 31.2 Å². The van der Waals surface area contributed by atoms with Crippen LogP contribution in [0, 0.1) is 11.8 Å². The third-order valence-corrected chi connectivity index (χ3v) is 5.70. The molecule has 0 radical (unpaired) electrons. The highest BCUT2D eigenvalue weighted by Gasteiger charge is 2.35. The molecule has 4 rings (SSSR count). The zero-order chi connectivity index (χ0) is 21.3. The molecule has 0 spiro atoms. The van der Waals surface area contributed by atoms with Crippen LogP contribution in [0.5, 0.6) is 11.6 Å². The lowest BCUT2D eigenvalue weighted by atomic mass is 9.83. The molecular weight excluding hydrogens is 395 g/mol. The lowest BCUT2D eigenvalue weighted by molar-refractivity contribution is -0.138. The molecular formula is C22H22F3N3O2. The van der Waals surface area contributed by atoms with Crippen molar-refractivity contribution in [2.45, 2.75) is 45.3 Å². The molecule has 3 aromatic rings. The quantitative estimate of drug-likeness (QED) is 0.568. The van der Waals surface area contributed by atoms with Gasteiger partial charge >= 0.3 is 6.18 Å². The Morgan fingerprint density at radius 1 is 1.13 bits per heavy atom. The van der Waals surface area contributed by atoms with Crippen molar-refractivity contribution < 1.29 is 17.9 Å². The van der Waals surface area contributed by atoms with Gasteiger partial charge in [0.15, 0.2) is 0 Å². The van der Waals surface area contributed by atoms with Crippen LogP contribution in [0.15, 0.2) is 47.7 Å². The highest BCUT2D eigenvalue weighted by molar-refractivity contribution is 5.79. The molecule has 1 aliphatic rings. The van der Waals surface area contributed by atoms with Crippen molar-refractivity contribution in [1.82, 2.24) is 14.5 Å². The van der Waals surface area contributed by atoms with E-state index < -0.39 is 23.2 Å². The number of alkyl halides is 3. The van der Waals surface area contributed by atoms with Gasteiger partial charge in [-0.15, -0.1) is 0 Å². The number of rotatable bonds is 4. The molecule has 2 heterocycles. The first kappa shape index (κ1) is 20.4. The number of hydrogen-bond acceptors (Lipinski definition) is 4. The minimum Gasteiger partial charge on any atom is -0.438 e. The van der Waals surface area contributed by atoms with Crippen molar-refractivity contribution >= 4 is 10.9 Å². The Kier molecular flexibility index (Phi) is 5.49. The summed E-state index contributed by atoms with van der Waals surface area (Å²) >= 11 is 0. The number of fused-ring (bicyclic) bond motifs is 1. The Balaban J connectivity index is 1.64. The first-order valence-electron chi connectivity index (χ1n) is 10.0. The van der Waals surface area contributed by atoms with E-state index in [1.807, 2.05) is 4.57 Å². The van der Waals surface area contributed by atoms with Crippen molar-refractivity contribution in [2.24, 2.45) is 11.8 Å². The maximum atomic E-state index is 13.2. The van der Waals surface area contributed by atoms with E-state index in [9.17, 15) is 18.0 Å². The second-order valence-corrected chi connectivity index (χ2v) is 7.96. The van der Waals surface area contributed by atoms with E-state index in [0.29, 0.717) is 16.8 Å². The molecule has 1 fully saturated rings. The smallest absolute Gasteiger partial charge is 0.421 e. The van der Waals surface area contributed by atoms with E-state index in [2.05, 4.69) is 16.9 Å². The van der Waals surface area contributed by atoms with E-state index in [0.717, 1.165) is 31.4 Å². The fraction of sp³-hybridized carbons (Fsp3) is 0.409. The predicted octanol–water partition coefficient (Wildman–Crippen LogP) is 5.43. The van der Waals surface area contributed by atoms with Gasteiger partial charge in [0.1, 0.15) is 11.3 Å². The van der Waals surface area contributed by atoms with Crippen LogP contribution in [0.1, 0.15) is 38.2 Å². The molecule has 0 bridgehead atoms. The van der Waals surface area contributed by atoms with Gasteiger partial charge in [0.25, 0.3) is 5.56 Å². The topological polar surface area (TPSA) is 57.0 Å². The van der Waals surface area contributed by atoms with Gasteiger partial charge < -0.3 is 9.30 Å². The molecule has 0 amide bonds. The molecule has 0 unspecified atom stereocenters. The van der Waals surface area contributed by atoms with Crippen LogP contribution in [0.4, 0.5) is 13.2 Å². The molecule has 30 heavy (non-hydrogen) atoms. The number of aromatic nitrogens is 3. The van der Waals surface area contributed by atoms with Crippen LogP contribution >= 0.6 is 0 Å². The number of ether oxygens (including phenoxy) is 1. The minimum absolute atomic E-state index is 0.106. The SMILES string of the molecule is CC1CCC(Cn2cnc(=O)c3cc(Oc4ncccc4C(F)(F)F)ccc32)CC1. The first-order valence-corrected chi connectivity index (χ1v) is 10.0. The predicted molar refractivity (Wildman–Crippen MR) is 106 cm³/mol. The van der Waals surface area contributed by atoms with Crippen LogP contribution in [-0.2, 0) is 12.7 Å². The molecule has 5 nitrogen and oxygen atoms in total. The summed E-state index contributed by atoms with van der Waals surface area (Å²) in [6.45, 7) is 3.02. The highest BCUT2D eigenvalue weighted by Crippen LogP contribution is 2.37. The van der Waals surface area contributed by atoms with Gasteiger partial charge in [0.05, 0.1) is 17.2 Å². The molecule has 1 aromatic carbocycles. The number of benzene rings is 1. The largest absolute Gasteiger partial charge is 0.438 e. The summed E-state index contributed by atoms with van der Waals surface area (Å²) in [6.07, 6.45) is 2.84. The Bertz CT molecular complexity index is 1100. The Morgan fingerprint density at radius 2 is 1.90 bits per heavy atom. The molecule has 2 aromatic heterocycles. The van der Waals surface area contributed by atoms with Gasteiger partial charge in [-0.25, -0.2) is 4.98 Å². The van der Waals surface area contributed by atoms with Gasteiger partial charge in [0, 0.05) is 12.7 Å². The molecule has 0 aliphatic heterocycles. The monoisotopic (exact) mass is 417 g/mol. The van der Waals surface area contributed by atoms with Crippen molar-refractivity contribution in [3.05, 3.63) is 58.8 Å². The fourth-order valence-electron chi connectivity index (χ4n) is 3.99. The van der Waals surface area contributed by atoms with Crippen molar-refractivity contribution in [3.8, 4) is 11.6 Å². The number of hydrogen-bond donors (Lipinski definition) is 0. The van der Waals surface area contributed by atoms with E-state index in [1.54, 1.807) is 18.5 Å². The summed E-state index contributed by atoms with van der Waals surface area (Å²) in [5, 5.41) is 0.309. The Hall–Kier alpha value is -2.90. The maximum absolute atomic E-state index is 13.2. The van der Waals surface area contributed by atoms with E-state index in [4.69, 9.17) is 4.74 Å². The molecule has 158 valence electrons. The maximum Gasteiger partial charge on any atom is 0.421 e. The first-order chi connectivity index (χ1) is 14.3. The van der Waals surface area contributed by atoms with Crippen molar-refractivity contribution in [1.29, 1.82) is 0 Å². The van der Waals surface area contributed by atoms with Crippen LogP contribution in [0.3, 0.4) is 0 Å². The molecule has 1 aliphatic carbocycles. The Labute approximate surface area is 171 Å². The van der Waals surface area contributed by atoms with Crippen molar-refractivity contribution in [2.75, 3.05) is 0 Å². The highest BCUT2D eigenvalue weighted by atomic mass is 19.4. The summed E-state index contributed by atoms with van der Waals surface area (Å²) in [5.41, 5.74) is -0.723. The third-order valence-electron chi connectivity index (χ3n) is 5.70. The molecule has 1 saturated carbocycles. The molecule has 8 heteroatoms. The lowest BCUT2D eigenvalue weighted by Crippen LogP contribution is -2.20. The van der Waals surface area contributed by atoms with Gasteiger partial charge in [-0.1, -0.05) is 19.8 Å². The second kappa shape index (κ2) is 8.08. The van der Waals surface area contributed by atoms with Crippen LogP contribution < -0.4 is 10.3 Å². The molecule has 0 atom stereocenters. The fourth-order valence-corrected chi connectivity index (χ4v) is 3.99. The van der Waals surface area contributed by atoms with Crippen molar-refractivity contribution in [3.63, 3.8) is 0 Å². The van der Waals surface area contributed by atoms with Gasteiger partial charge in [-0.3, -0.25) is 4.79 Å². The van der Waals surface area contributed by atoms with E-state index in [-0.39, 0.29) is 5.75 Å². The van der Waals surface area contributed by atoms with E-state index >= 15 is 0 Å². The minimum atomic E-state index is -4.59. The molecule has 0 saturated heterocycles. The van der Waals surface area contributed by atoms with Gasteiger partial charge in [-0.2, -0.15) is 18.2 Å². The summed E-state index contributed by atoms with van der Waals surface area (Å²) in [5.74, 6) is 0.824. The van der Waals surface area contributed by atoms with Crippen LogP contribution in [0.25, 0.3) is 10.9 Å². The summed E-state index contributed by atoms with van der Waals surface area (Å²) < 4.78 is 46.9. The second-order valence-electron chi connectivity index (χ2n) is 7.96. The summed E-state index contributed by atoms with van der Waals surface area (Å²) in [6, 6.07) is 6.78. The van der Waals surface area contributed by atoms with Gasteiger partial charge in [0.2, 0.25) is 5.88 Å². The zero-order valence-electron chi connectivity index (χ0n) is 16.5. The average Bonchev–Trinajstić information content (AvgIpc) is 2.71. The number of pyridine rings is 1.